The molecule has 2 aromatic carbocycles. The van der Waals surface area contributed by atoms with Crippen molar-refractivity contribution in [2.24, 2.45) is 0 Å². The molecule has 1 saturated heterocycles. The summed E-state index contributed by atoms with van der Waals surface area (Å²) in [5.41, 5.74) is 0.954. The number of halogens is 1. The average molecular weight is 435 g/mol. The minimum Gasteiger partial charge on any atom is -0.459 e. The molecule has 152 valence electrons. The highest BCUT2D eigenvalue weighted by Crippen LogP contribution is 2.31. The maximum atomic E-state index is 12.9. The van der Waals surface area contributed by atoms with Crippen molar-refractivity contribution in [3.63, 3.8) is 0 Å². The molecule has 1 aliphatic rings. The van der Waals surface area contributed by atoms with Crippen molar-refractivity contribution in [3.05, 3.63) is 54.3 Å². The molecule has 4 rings (SSSR count). The second kappa shape index (κ2) is 8.08. The number of ether oxygens (including phenoxy) is 1. The fourth-order valence-corrected chi connectivity index (χ4v) is 5.37. The molecule has 0 amide bonds. The molecule has 6 nitrogen and oxygen atoms in total. The van der Waals surface area contributed by atoms with Gasteiger partial charge in [0.05, 0.1) is 34.0 Å². The van der Waals surface area contributed by atoms with Gasteiger partial charge in [0.2, 0.25) is 0 Å². The fourth-order valence-electron chi connectivity index (χ4n) is 3.08. The van der Waals surface area contributed by atoms with Crippen molar-refractivity contribution in [1.29, 1.82) is 0 Å². The monoisotopic (exact) mass is 434 g/mol. The SMILES string of the molecule is O=C(CCCS(=O)(=O)c1ccc(F)cc1)OC1CN(c2nc3ccccc3s2)C1. The Morgan fingerprint density at radius 1 is 1.17 bits per heavy atom. The van der Waals surface area contributed by atoms with Crippen LogP contribution in [0.5, 0.6) is 0 Å². The summed E-state index contributed by atoms with van der Waals surface area (Å²) < 4.78 is 43.8. The van der Waals surface area contributed by atoms with Gasteiger partial charge in [0, 0.05) is 6.42 Å². The van der Waals surface area contributed by atoms with Gasteiger partial charge < -0.3 is 9.64 Å². The lowest BCUT2D eigenvalue weighted by molar-refractivity contribution is -0.150. The number of hydrogen-bond donors (Lipinski definition) is 0. The quantitative estimate of drug-likeness (QED) is 0.419. The fraction of sp³-hybridized carbons (Fsp3) is 0.300. The highest BCUT2D eigenvalue weighted by atomic mass is 32.2. The van der Waals surface area contributed by atoms with Crippen molar-refractivity contribution in [2.45, 2.75) is 23.8 Å². The Hall–Kier alpha value is -2.52. The van der Waals surface area contributed by atoms with Crippen LogP contribution in [-0.2, 0) is 19.4 Å². The number of thiazole rings is 1. The Labute approximate surface area is 171 Å². The van der Waals surface area contributed by atoms with Gasteiger partial charge in [0.1, 0.15) is 11.9 Å². The van der Waals surface area contributed by atoms with E-state index in [2.05, 4.69) is 9.88 Å². The van der Waals surface area contributed by atoms with Crippen LogP contribution in [0.1, 0.15) is 12.8 Å². The summed E-state index contributed by atoms with van der Waals surface area (Å²) in [7, 11) is -3.54. The van der Waals surface area contributed by atoms with Gasteiger partial charge in [-0.3, -0.25) is 4.79 Å². The van der Waals surface area contributed by atoms with E-state index in [0.717, 1.165) is 27.5 Å². The molecule has 3 aromatic rings. The molecule has 0 saturated carbocycles. The molecule has 0 radical (unpaired) electrons. The zero-order chi connectivity index (χ0) is 20.4. The topological polar surface area (TPSA) is 76.6 Å². The maximum Gasteiger partial charge on any atom is 0.306 e. The van der Waals surface area contributed by atoms with Gasteiger partial charge in [-0.25, -0.2) is 17.8 Å². The van der Waals surface area contributed by atoms with E-state index in [9.17, 15) is 17.6 Å². The third kappa shape index (κ3) is 4.56. The number of anilines is 1. The van der Waals surface area contributed by atoms with Crippen LogP contribution >= 0.6 is 11.3 Å². The van der Waals surface area contributed by atoms with Crippen molar-refractivity contribution in [1.82, 2.24) is 4.98 Å². The van der Waals surface area contributed by atoms with Crippen LogP contribution in [0.4, 0.5) is 9.52 Å². The third-order valence-corrected chi connectivity index (χ3v) is 7.58. The van der Waals surface area contributed by atoms with E-state index < -0.39 is 21.6 Å². The summed E-state index contributed by atoms with van der Waals surface area (Å²) in [6.07, 6.45) is -0.0199. The maximum absolute atomic E-state index is 12.9. The normalized spacial score (nSPS) is 14.7. The van der Waals surface area contributed by atoms with Crippen molar-refractivity contribution >= 4 is 42.5 Å². The molecular weight excluding hydrogens is 415 g/mol. The van der Waals surface area contributed by atoms with Crippen LogP contribution < -0.4 is 4.90 Å². The van der Waals surface area contributed by atoms with Gasteiger partial charge in [-0.2, -0.15) is 0 Å². The van der Waals surface area contributed by atoms with Crippen molar-refractivity contribution in [2.75, 3.05) is 23.7 Å². The first-order chi connectivity index (χ1) is 13.9. The minimum absolute atomic E-state index is 0.0259. The van der Waals surface area contributed by atoms with Gasteiger partial charge in [0.15, 0.2) is 15.0 Å². The minimum atomic E-state index is -3.54. The van der Waals surface area contributed by atoms with E-state index in [-0.39, 0.29) is 29.6 Å². The van der Waals surface area contributed by atoms with Gasteiger partial charge in [-0.05, 0) is 42.8 Å². The standard InChI is InChI=1S/C20H19FN2O4S2/c21-14-7-9-16(10-8-14)29(25,26)11-3-6-19(24)27-15-12-23(13-15)20-22-17-4-1-2-5-18(17)28-20/h1-2,4-5,7-10,15H,3,6,11-13H2. The second-order valence-electron chi connectivity index (χ2n) is 6.86. The number of nitrogens with zero attached hydrogens (tertiary/aromatic N) is 2. The Morgan fingerprint density at radius 3 is 2.62 bits per heavy atom. The molecule has 0 aliphatic carbocycles. The zero-order valence-corrected chi connectivity index (χ0v) is 17.1. The van der Waals surface area contributed by atoms with E-state index in [0.29, 0.717) is 13.1 Å². The first-order valence-electron chi connectivity index (χ1n) is 9.19. The van der Waals surface area contributed by atoms with E-state index in [1.54, 1.807) is 11.3 Å². The second-order valence-corrected chi connectivity index (χ2v) is 9.98. The number of sulfone groups is 1. The molecule has 0 bridgehead atoms. The van der Waals surface area contributed by atoms with Gasteiger partial charge in [0.25, 0.3) is 0 Å². The Bertz CT molecular complexity index is 1090. The molecule has 0 N–H and O–H groups in total. The zero-order valence-electron chi connectivity index (χ0n) is 15.5. The summed E-state index contributed by atoms with van der Waals surface area (Å²) in [5, 5.41) is 0.906. The molecule has 0 atom stereocenters. The Morgan fingerprint density at radius 2 is 1.90 bits per heavy atom. The van der Waals surface area contributed by atoms with Crippen LogP contribution in [0.15, 0.2) is 53.4 Å². The Balaban J connectivity index is 1.21. The van der Waals surface area contributed by atoms with Crippen molar-refractivity contribution < 1.29 is 22.3 Å². The summed E-state index contributed by atoms with van der Waals surface area (Å²) in [5.74, 6) is -1.09. The lowest BCUT2D eigenvalue weighted by Crippen LogP contribution is -2.53. The summed E-state index contributed by atoms with van der Waals surface area (Å²) in [6, 6.07) is 12.6. The van der Waals surface area contributed by atoms with E-state index in [1.807, 2.05) is 24.3 Å². The molecule has 0 unspecified atom stereocenters. The van der Waals surface area contributed by atoms with Crippen LogP contribution in [-0.4, -0.2) is 44.3 Å². The van der Waals surface area contributed by atoms with E-state index >= 15 is 0 Å². The number of esters is 1. The number of fused-ring (bicyclic) bond motifs is 1. The third-order valence-electron chi connectivity index (χ3n) is 4.67. The van der Waals surface area contributed by atoms with Crippen LogP contribution in [0.2, 0.25) is 0 Å². The summed E-state index contributed by atoms with van der Waals surface area (Å²) >= 11 is 1.60. The summed E-state index contributed by atoms with van der Waals surface area (Å²) in [4.78, 5) is 18.7. The molecule has 1 fully saturated rings. The lowest BCUT2D eigenvalue weighted by atomic mass is 10.2. The Kier molecular flexibility index (Phi) is 5.51. The first-order valence-corrected chi connectivity index (χ1v) is 11.7. The number of rotatable bonds is 7. The number of benzene rings is 2. The molecule has 0 spiro atoms. The predicted molar refractivity (Wildman–Crippen MR) is 109 cm³/mol. The van der Waals surface area contributed by atoms with Crippen LogP contribution in [0, 0.1) is 5.82 Å². The number of para-hydroxylation sites is 1. The molecule has 1 aromatic heterocycles. The summed E-state index contributed by atoms with van der Waals surface area (Å²) in [6.45, 7) is 1.17. The highest BCUT2D eigenvalue weighted by Gasteiger charge is 2.32. The molecule has 2 heterocycles. The molecule has 1 aliphatic heterocycles. The van der Waals surface area contributed by atoms with Gasteiger partial charge >= 0.3 is 5.97 Å². The molecular formula is C20H19FN2O4S2. The number of carbonyl (C=O) groups is 1. The lowest BCUT2D eigenvalue weighted by Gasteiger charge is -2.38. The van der Waals surface area contributed by atoms with E-state index in [1.165, 1.54) is 12.1 Å². The highest BCUT2D eigenvalue weighted by molar-refractivity contribution is 7.91. The number of hydrogen-bond acceptors (Lipinski definition) is 7. The smallest absolute Gasteiger partial charge is 0.306 e. The first kappa shape index (κ1) is 19.8. The molecule has 9 heteroatoms. The van der Waals surface area contributed by atoms with Crippen LogP contribution in [0.25, 0.3) is 10.2 Å². The predicted octanol–water partition coefficient (Wildman–Crippen LogP) is 3.42. The van der Waals surface area contributed by atoms with Crippen LogP contribution in [0.3, 0.4) is 0 Å². The number of carbonyl (C=O) groups excluding carboxylic acids is 1. The van der Waals surface area contributed by atoms with Crippen molar-refractivity contribution in [3.8, 4) is 0 Å². The van der Waals surface area contributed by atoms with Gasteiger partial charge in [-0.1, -0.05) is 23.5 Å². The van der Waals surface area contributed by atoms with E-state index in [4.69, 9.17) is 4.74 Å². The largest absolute Gasteiger partial charge is 0.459 e. The average Bonchev–Trinajstić information content (AvgIpc) is 3.08. The number of aromatic nitrogens is 1. The molecule has 29 heavy (non-hydrogen) atoms. The van der Waals surface area contributed by atoms with Gasteiger partial charge in [-0.15, -0.1) is 0 Å².